The summed E-state index contributed by atoms with van der Waals surface area (Å²) in [6, 6.07) is 26.0. The predicted octanol–water partition coefficient (Wildman–Crippen LogP) is 4.22. The summed E-state index contributed by atoms with van der Waals surface area (Å²) >= 11 is 0. The van der Waals surface area contributed by atoms with Gasteiger partial charge in [-0.3, -0.25) is 9.59 Å². The van der Waals surface area contributed by atoms with Gasteiger partial charge in [0.1, 0.15) is 5.71 Å². The van der Waals surface area contributed by atoms with E-state index < -0.39 is 0 Å². The first-order valence-corrected chi connectivity index (χ1v) is 9.08. The lowest BCUT2D eigenvalue weighted by Crippen LogP contribution is -2.17. The summed E-state index contributed by atoms with van der Waals surface area (Å²) in [6.45, 7) is 0. The maximum atomic E-state index is 12.2. The molecule has 1 aromatic heterocycles. The standard InChI is InChI=1S/C14H12N2O.C10H9NO/c15-16-13(11-7-3-1-4-8-11)14(17)12-9-5-2-6-10-12;1-11-6-8(7-12)9-4-2-3-5-10(9)11/h1-10H,15H2;2-7H,1H3. The zero-order valence-electron chi connectivity index (χ0n) is 16.0. The van der Waals surface area contributed by atoms with Crippen LogP contribution in [0, 0.1) is 0 Å². The molecular formula is C24H21N3O2. The monoisotopic (exact) mass is 383 g/mol. The molecular weight excluding hydrogens is 362 g/mol. The van der Waals surface area contributed by atoms with E-state index in [4.69, 9.17) is 5.84 Å². The number of para-hydroxylation sites is 1. The number of carbonyl (C=O) groups excluding carboxylic acids is 2. The van der Waals surface area contributed by atoms with Crippen LogP contribution in [0.2, 0.25) is 0 Å². The summed E-state index contributed by atoms with van der Waals surface area (Å²) in [5.74, 6) is 5.14. The van der Waals surface area contributed by atoms with Crippen LogP contribution in [0.4, 0.5) is 0 Å². The SMILES string of the molecule is Cn1cc(C=O)c2ccccc21.NN=C(C(=O)c1ccccc1)c1ccccc1. The highest BCUT2D eigenvalue weighted by molar-refractivity contribution is 6.51. The summed E-state index contributed by atoms with van der Waals surface area (Å²) in [7, 11) is 1.94. The van der Waals surface area contributed by atoms with Crippen molar-refractivity contribution in [2.45, 2.75) is 0 Å². The number of rotatable bonds is 4. The molecule has 144 valence electrons. The van der Waals surface area contributed by atoms with E-state index in [0.29, 0.717) is 5.56 Å². The number of nitrogens with two attached hydrogens (primary N) is 1. The van der Waals surface area contributed by atoms with Crippen LogP contribution >= 0.6 is 0 Å². The van der Waals surface area contributed by atoms with Gasteiger partial charge in [0, 0.05) is 40.8 Å². The van der Waals surface area contributed by atoms with E-state index in [2.05, 4.69) is 5.10 Å². The molecule has 29 heavy (non-hydrogen) atoms. The third-order valence-corrected chi connectivity index (χ3v) is 4.48. The summed E-state index contributed by atoms with van der Waals surface area (Å²) < 4.78 is 1.96. The number of benzene rings is 3. The third-order valence-electron chi connectivity index (χ3n) is 4.48. The quantitative estimate of drug-likeness (QED) is 0.188. The molecule has 0 aliphatic carbocycles. The van der Waals surface area contributed by atoms with Crippen LogP contribution in [0.3, 0.4) is 0 Å². The molecule has 0 amide bonds. The molecule has 5 nitrogen and oxygen atoms in total. The molecule has 0 saturated carbocycles. The molecule has 0 saturated heterocycles. The van der Waals surface area contributed by atoms with Gasteiger partial charge >= 0.3 is 0 Å². The second-order valence-electron chi connectivity index (χ2n) is 6.37. The number of hydrogen-bond acceptors (Lipinski definition) is 4. The minimum Gasteiger partial charge on any atom is -0.350 e. The lowest BCUT2D eigenvalue weighted by Gasteiger charge is -2.04. The second kappa shape index (κ2) is 9.28. The number of nitrogens with zero attached hydrogens (tertiary/aromatic N) is 2. The Labute approximate surface area is 169 Å². The summed E-state index contributed by atoms with van der Waals surface area (Å²) in [5, 5.41) is 4.62. The van der Waals surface area contributed by atoms with Crippen LogP contribution in [0.15, 0.2) is 96.2 Å². The highest BCUT2D eigenvalue weighted by Crippen LogP contribution is 2.18. The molecule has 0 unspecified atom stereocenters. The molecule has 0 aliphatic rings. The Hall–Kier alpha value is -3.99. The first kappa shape index (κ1) is 19.8. The van der Waals surface area contributed by atoms with E-state index in [9.17, 15) is 9.59 Å². The maximum Gasteiger partial charge on any atom is 0.213 e. The van der Waals surface area contributed by atoms with Crippen molar-refractivity contribution in [3.05, 3.63) is 108 Å². The zero-order chi connectivity index (χ0) is 20.6. The Morgan fingerprint density at radius 2 is 1.41 bits per heavy atom. The van der Waals surface area contributed by atoms with Crippen molar-refractivity contribution in [3.63, 3.8) is 0 Å². The van der Waals surface area contributed by atoms with E-state index in [1.807, 2.05) is 90.6 Å². The summed E-state index contributed by atoms with van der Waals surface area (Å²) in [5.41, 5.74) is 3.44. The normalized spacial score (nSPS) is 10.9. The molecule has 1 heterocycles. The molecule has 5 heteroatoms. The molecule has 0 fully saturated rings. The molecule has 4 rings (SSSR count). The largest absolute Gasteiger partial charge is 0.350 e. The number of Topliss-reactive ketones (excluding diaryl/α,β-unsaturated/α-hetero) is 1. The van der Waals surface area contributed by atoms with E-state index in [1.54, 1.807) is 12.1 Å². The van der Waals surface area contributed by atoms with E-state index in [-0.39, 0.29) is 11.5 Å². The van der Waals surface area contributed by atoms with Crippen LogP contribution < -0.4 is 5.84 Å². The van der Waals surface area contributed by atoms with Crippen molar-refractivity contribution in [1.82, 2.24) is 4.57 Å². The predicted molar refractivity (Wildman–Crippen MR) is 116 cm³/mol. The van der Waals surface area contributed by atoms with Gasteiger partial charge in [0.25, 0.3) is 0 Å². The fraction of sp³-hybridized carbons (Fsp3) is 0.0417. The molecule has 0 atom stereocenters. The summed E-state index contributed by atoms with van der Waals surface area (Å²) in [4.78, 5) is 22.8. The fourth-order valence-electron chi connectivity index (χ4n) is 3.05. The fourth-order valence-corrected chi connectivity index (χ4v) is 3.05. The number of fused-ring (bicyclic) bond motifs is 1. The Bertz CT molecular complexity index is 1150. The average molecular weight is 383 g/mol. The van der Waals surface area contributed by atoms with Gasteiger partial charge in [-0.15, -0.1) is 0 Å². The minimum absolute atomic E-state index is 0.167. The molecule has 0 aliphatic heterocycles. The first-order valence-electron chi connectivity index (χ1n) is 9.08. The topological polar surface area (TPSA) is 77.4 Å². The lowest BCUT2D eigenvalue weighted by atomic mass is 10.0. The Kier molecular flexibility index (Phi) is 6.32. The number of carbonyl (C=O) groups is 2. The summed E-state index contributed by atoms with van der Waals surface area (Å²) in [6.07, 6.45) is 2.74. The van der Waals surface area contributed by atoms with Gasteiger partial charge in [0.2, 0.25) is 5.78 Å². The molecule has 0 spiro atoms. The number of hydrogen-bond donors (Lipinski definition) is 1. The van der Waals surface area contributed by atoms with Crippen LogP contribution in [0.5, 0.6) is 0 Å². The minimum atomic E-state index is -0.167. The van der Waals surface area contributed by atoms with Crippen molar-refractivity contribution in [2.75, 3.05) is 0 Å². The smallest absolute Gasteiger partial charge is 0.213 e. The Morgan fingerprint density at radius 1 is 0.862 bits per heavy atom. The van der Waals surface area contributed by atoms with Gasteiger partial charge in [0.05, 0.1) is 0 Å². The number of aldehydes is 1. The Balaban J connectivity index is 0.000000176. The lowest BCUT2D eigenvalue weighted by molar-refractivity contribution is 0.106. The molecule has 4 aromatic rings. The number of ketones is 1. The number of aryl methyl sites for hydroxylation is 1. The molecule has 3 aromatic carbocycles. The van der Waals surface area contributed by atoms with E-state index in [1.165, 1.54) is 0 Å². The Morgan fingerprint density at radius 3 is 2.00 bits per heavy atom. The van der Waals surface area contributed by atoms with Gasteiger partial charge < -0.3 is 10.4 Å². The van der Waals surface area contributed by atoms with Crippen LogP contribution in [0.25, 0.3) is 10.9 Å². The van der Waals surface area contributed by atoms with Crippen molar-refractivity contribution in [3.8, 4) is 0 Å². The van der Waals surface area contributed by atoms with Crippen molar-refractivity contribution in [2.24, 2.45) is 18.0 Å². The molecule has 2 N–H and O–H groups in total. The van der Waals surface area contributed by atoms with Crippen molar-refractivity contribution >= 4 is 28.7 Å². The van der Waals surface area contributed by atoms with Gasteiger partial charge in [-0.05, 0) is 6.07 Å². The van der Waals surface area contributed by atoms with Crippen LogP contribution in [-0.4, -0.2) is 22.3 Å². The van der Waals surface area contributed by atoms with E-state index in [0.717, 1.165) is 28.3 Å². The highest BCUT2D eigenvalue weighted by Gasteiger charge is 2.15. The van der Waals surface area contributed by atoms with E-state index >= 15 is 0 Å². The van der Waals surface area contributed by atoms with Gasteiger partial charge in [-0.1, -0.05) is 78.9 Å². The number of aromatic nitrogens is 1. The van der Waals surface area contributed by atoms with Crippen molar-refractivity contribution < 1.29 is 9.59 Å². The van der Waals surface area contributed by atoms with Crippen molar-refractivity contribution in [1.29, 1.82) is 0 Å². The average Bonchev–Trinajstić information content (AvgIpc) is 3.12. The van der Waals surface area contributed by atoms with Gasteiger partial charge in [0.15, 0.2) is 6.29 Å². The van der Waals surface area contributed by atoms with Gasteiger partial charge in [-0.25, -0.2) is 0 Å². The molecule has 0 radical (unpaired) electrons. The zero-order valence-corrected chi connectivity index (χ0v) is 16.0. The third kappa shape index (κ3) is 4.47. The molecule has 0 bridgehead atoms. The number of hydrazone groups is 1. The van der Waals surface area contributed by atoms with Crippen LogP contribution in [-0.2, 0) is 7.05 Å². The maximum absolute atomic E-state index is 12.2. The van der Waals surface area contributed by atoms with Gasteiger partial charge in [-0.2, -0.15) is 5.10 Å². The van der Waals surface area contributed by atoms with Crippen LogP contribution in [0.1, 0.15) is 26.3 Å². The second-order valence-corrected chi connectivity index (χ2v) is 6.37. The highest BCUT2D eigenvalue weighted by atomic mass is 16.1. The first-order chi connectivity index (χ1) is 14.2.